The molecule has 6 nitrogen and oxygen atoms in total. The van der Waals surface area contributed by atoms with Crippen molar-refractivity contribution in [1.82, 2.24) is 14.0 Å². The minimum absolute atomic E-state index is 0.0153. The SMILES string of the molecule is CC(C)N1Cc2cc(-c3ccc(Cn4cc(O)n(C)c4=O)cc3)cc(Cl)c2C1=O. The highest BCUT2D eigenvalue weighted by atomic mass is 35.5. The van der Waals surface area contributed by atoms with Crippen LogP contribution in [0.3, 0.4) is 0 Å². The van der Waals surface area contributed by atoms with Gasteiger partial charge < -0.3 is 10.0 Å². The fraction of sp³-hybridized carbons (Fsp3) is 0.273. The van der Waals surface area contributed by atoms with Crippen LogP contribution in [0.15, 0.2) is 47.4 Å². The van der Waals surface area contributed by atoms with Gasteiger partial charge in [0.2, 0.25) is 5.88 Å². The molecule has 1 N–H and O–H groups in total. The Bertz CT molecular complexity index is 1160. The first-order valence-corrected chi connectivity index (χ1v) is 9.82. The summed E-state index contributed by atoms with van der Waals surface area (Å²) >= 11 is 6.45. The second kappa shape index (κ2) is 7.12. The van der Waals surface area contributed by atoms with Crippen LogP contribution in [0.5, 0.6) is 5.88 Å². The van der Waals surface area contributed by atoms with Crippen LogP contribution < -0.4 is 5.69 Å². The Labute approximate surface area is 173 Å². The molecule has 7 heteroatoms. The first-order chi connectivity index (χ1) is 13.8. The van der Waals surface area contributed by atoms with Crippen molar-refractivity contribution >= 4 is 17.5 Å². The maximum absolute atomic E-state index is 12.6. The van der Waals surface area contributed by atoms with Crippen molar-refractivity contribution in [2.75, 3.05) is 0 Å². The minimum Gasteiger partial charge on any atom is -0.493 e. The Morgan fingerprint density at radius 3 is 2.38 bits per heavy atom. The number of amides is 1. The summed E-state index contributed by atoms with van der Waals surface area (Å²) in [5.41, 5.74) is 4.15. The van der Waals surface area contributed by atoms with Crippen LogP contribution in [0.2, 0.25) is 5.02 Å². The van der Waals surface area contributed by atoms with Crippen LogP contribution in [0.1, 0.15) is 35.3 Å². The van der Waals surface area contributed by atoms with Crippen LogP contribution in [-0.2, 0) is 20.1 Å². The van der Waals surface area contributed by atoms with Crippen molar-refractivity contribution in [3.8, 4) is 17.0 Å². The second-order valence-corrected chi connectivity index (χ2v) is 8.08. The molecule has 3 aromatic rings. The number of carbonyl (C=O) groups is 1. The average Bonchev–Trinajstić information content (AvgIpc) is 3.14. The van der Waals surface area contributed by atoms with Crippen LogP contribution in [0.4, 0.5) is 0 Å². The number of imidazole rings is 1. The molecule has 150 valence electrons. The third-order valence-electron chi connectivity index (χ3n) is 5.40. The third-order valence-corrected chi connectivity index (χ3v) is 5.70. The number of fused-ring (bicyclic) bond motifs is 1. The number of nitrogens with zero attached hydrogens (tertiary/aromatic N) is 3. The summed E-state index contributed by atoms with van der Waals surface area (Å²) in [5.74, 6) is -0.0807. The van der Waals surface area contributed by atoms with Gasteiger partial charge >= 0.3 is 5.69 Å². The Hall–Kier alpha value is -2.99. The van der Waals surface area contributed by atoms with Crippen LogP contribution in [0, 0.1) is 0 Å². The maximum atomic E-state index is 12.6. The Kier molecular flexibility index (Phi) is 4.74. The highest BCUT2D eigenvalue weighted by Gasteiger charge is 2.31. The van der Waals surface area contributed by atoms with Gasteiger partial charge in [0.05, 0.1) is 23.3 Å². The highest BCUT2D eigenvalue weighted by molar-refractivity contribution is 6.34. The van der Waals surface area contributed by atoms with E-state index in [2.05, 4.69) is 0 Å². The topological polar surface area (TPSA) is 67.5 Å². The van der Waals surface area contributed by atoms with E-state index in [0.717, 1.165) is 22.3 Å². The second-order valence-electron chi connectivity index (χ2n) is 7.67. The van der Waals surface area contributed by atoms with E-state index in [1.165, 1.54) is 22.4 Å². The highest BCUT2D eigenvalue weighted by Crippen LogP contribution is 2.35. The van der Waals surface area contributed by atoms with Gasteiger partial charge in [-0.05, 0) is 48.2 Å². The first-order valence-electron chi connectivity index (χ1n) is 9.44. The van der Waals surface area contributed by atoms with E-state index >= 15 is 0 Å². The van der Waals surface area contributed by atoms with Gasteiger partial charge in [-0.3, -0.25) is 13.9 Å². The molecule has 0 bridgehead atoms. The van der Waals surface area contributed by atoms with Crippen molar-refractivity contribution in [2.45, 2.75) is 33.0 Å². The lowest BCUT2D eigenvalue weighted by Crippen LogP contribution is -2.30. The lowest BCUT2D eigenvalue weighted by Gasteiger charge is -2.19. The van der Waals surface area contributed by atoms with Gasteiger partial charge in [0.1, 0.15) is 0 Å². The van der Waals surface area contributed by atoms with Crippen molar-refractivity contribution in [3.05, 3.63) is 74.8 Å². The summed E-state index contributed by atoms with van der Waals surface area (Å²) in [7, 11) is 1.53. The van der Waals surface area contributed by atoms with E-state index in [9.17, 15) is 14.7 Å². The van der Waals surface area contributed by atoms with E-state index in [4.69, 9.17) is 11.6 Å². The molecule has 1 amide bonds. The summed E-state index contributed by atoms with van der Waals surface area (Å²) in [5, 5.41) is 10.1. The van der Waals surface area contributed by atoms with Crippen molar-refractivity contribution in [1.29, 1.82) is 0 Å². The molecule has 2 aromatic carbocycles. The molecule has 2 heterocycles. The Morgan fingerprint density at radius 2 is 1.79 bits per heavy atom. The maximum Gasteiger partial charge on any atom is 0.331 e. The quantitative estimate of drug-likeness (QED) is 0.712. The molecule has 0 aliphatic carbocycles. The number of aromatic nitrogens is 2. The van der Waals surface area contributed by atoms with Crippen molar-refractivity contribution in [3.63, 3.8) is 0 Å². The largest absolute Gasteiger partial charge is 0.493 e. The molecule has 1 aliphatic heterocycles. The molecule has 29 heavy (non-hydrogen) atoms. The molecule has 1 aliphatic rings. The monoisotopic (exact) mass is 411 g/mol. The fourth-order valence-corrected chi connectivity index (χ4v) is 4.01. The molecule has 0 saturated heterocycles. The van der Waals surface area contributed by atoms with E-state index in [0.29, 0.717) is 23.7 Å². The van der Waals surface area contributed by atoms with E-state index in [-0.39, 0.29) is 23.5 Å². The third kappa shape index (κ3) is 3.34. The summed E-state index contributed by atoms with van der Waals surface area (Å²) in [6.45, 7) is 4.93. The molecule has 0 radical (unpaired) electrons. The van der Waals surface area contributed by atoms with Crippen LogP contribution in [0.25, 0.3) is 11.1 Å². The Balaban J connectivity index is 1.61. The zero-order valence-corrected chi connectivity index (χ0v) is 17.3. The molecule has 4 rings (SSSR count). The lowest BCUT2D eigenvalue weighted by molar-refractivity contribution is 0.0731. The molecule has 0 spiro atoms. The van der Waals surface area contributed by atoms with Gasteiger partial charge in [-0.25, -0.2) is 4.79 Å². The Morgan fingerprint density at radius 1 is 1.10 bits per heavy atom. The van der Waals surface area contributed by atoms with Crippen molar-refractivity contribution in [2.24, 2.45) is 7.05 Å². The molecule has 0 saturated carbocycles. The van der Waals surface area contributed by atoms with Crippen LogP contribution in [-0.4, -0.2) is 31.1 Å². The smallest absolute Gasteiger partial charge is 0.331 e. The van der Waals surface area contributed by atoms with E-state index in [1.807, 2.05) is 55.1 Å². The fourth-order valence-electron chi connectivity index (χ4n) is 3.69. The van der Waals surface area contributed by atoms with Gasteiger partial charge in [-0.1, -0.05) is 35.9 Å². The van der Waals surface area contributed by atoms with E-state index in [1.54, 1.807) is 0 Å². The predicted molar refractivity (Wildman–Crippen MR) is 112 cm³/mol. The standard InChI is InChI=1S/C22H22ClN3O3/c1-13(2)26-11-17-8-16(9-18(23)20(17)21(26)28)15-6-4-14(5-7-15)10-25-12-19(27)24(3)22(25)29/h4-9,12-13,27H,10-11H2,1-3H3. The number of halogens is 1. The molecule has 1 aromatic heterocycles. The van der Waals surface area contributed by atoms with E-state index < -0.39 is 0 Å². The zero-order valence-electron chi connectivity index (χ0n) is 16.5. The van der Waals surface area contributed by atoms with Gasteiger partial charge in [0.25, 0.3) is 5.91 Å². The predicted octanol–water partition coefficient (Wildman–Crippen LogP) is 3.63. The molecule has 0 unspecified atom stereocenters. The first kappa shape index (κ1) is 19.3. The normalized spacial score (nSPS) is 13.4. The van der Waals surface area contributed by atoms with Crippen molar-refractivity contribution < 1.29 is 9.90 Å². The number of carbonyl (C=O) groups excluding carboxylic acids is 1. The van der Waals surface area contributed by atoms with Gasteiger partial charge in [0.15, 0.2) is 0 Å². The summed E-state index contributed by atoms with van der Waals surface area (Å²) in [4.78, 5) is 26.4. The summed E-state index contributed by atoms with van der Waals surface area (Å²) in [6.07, 6.45) is 1.42. The number of hydrogen-bond acceptors (Lipinski definition) is 3. The van der Waals surface area contributed by atoms with Gasteiger partial charge in [-0.15, -0.1) is 0 Å². The average molecular weight is 412 g/mol. The summed E-state index contributed by atoms with van der Waals surface area (Å²) in [6, 6.07) is 11.8. The lowest BCUT2D eigenvalue weighted by atomic mass is 9.99. The molecular weight excluding hydrogens is 390 g/mol. The number of hydrogen-bond donors (Lipinski definition) is 1. The number of rotatable bonds is 4. The molecular formula is C22H22ClN3O3. The summed E-state index contributed by atoms with van der Waals surface area (Å²) < 4.78 is 2.66. The molecule has 0 fully saturated rings. The van der Waals surface area contributed by atoms with Crippen LogP contribution >= 0.6 is 11.6 Å². The van der Waals surface area contributed by atoms with Gasteiger partial charge in [0, 0.05) is 19.6 Å². The van der Waals surface area contributed by atoms with Gasteiger partial charge in [-0.2, -0.15) is 0 Å². The minimum atomic E-state index is -0.267. The number of benzene rings is 2. The molecule has 0 atom stereocenters. The zero-order chi connectivity index (χ0) is 20.9. The number of aromatic hydroxyl groups is 1.